The summed E-state index contributed by atoms with van der Waals surface area (Å²) >= 11 is 5.96. The molecule has 2 aromatic heterocycles. The van der Waals surface area contributed by atoms with Crippen molar-refractivity contribution in [2.75, 3.05) is 0 Å². The van der Waals surface area contributed by atoms with Crippen molar-refractivity contribution in [3.63, 3.8) is 0 Å². The number of pyridine rings is 1. The molecule has 0 amide bonds. The molecular formula is C12H16ClN3. The Balaban J connectivity index is 2.63. The minimum atomic E-state index is 0.450. The van der Waals surface area contributed by atoms with E-state index in [1.807, 2.05) is 6.07 Å². The average molecular weight is 238 g/mol. The summed E-state index contributed by atoms with van der Waals surface area (Å²) < 4.78 is 2.25. The molecule has 3 nitrogen and oxygen atoms in total. The van der Waals surface area contributed by atoms with Crippen LogP contribution >= 0.6 is 11.6 Å². The summed E-state index contributed by atoms with van der Waals surface area (Å²) in [6, 6.07) is 2.48. The predicted octanol–water partition coefficient (Wildman–Crippen LogP) is 3.53. The van der Waals surface area contributed by atoms with Gasteiger partial charge in [-0.05, 0) is 18.9 Å². The Labute approximate surface area is 100 Å². The van der Waals surface area contributed by atoms with Crippen LogP contribution in [0.1, 0.15) is 38.6 Å². The molecule has 16 heavy (non-hydrogen) atoms. The van der Waals surface area contributed by atoms with Crippen LogP contribution < -0.4 is 0 Å². The molecule has 0 radical (unpaired) electrons. The molecule has 0 saturated carbocycles. The van der Waals surface area contributed by atoms with Gasteiger partial charge < -0.3 is 4.57 Å². The van der Waals surface area contributed by atoms with Crippen LogP contribution in [0.5, 0.6) is 0 Å². The zero-order valence-corrected chi connectivity index (χ0v) is 10.4. The molecule has 0 aromatic carbocycles. The molecule has 0 bridgehead atoms. The Kier molecular flexibility index (Phi) is 3.44. The molecule has 0 unspecified atom stereocenters. The van der Waals surface area contributed by atoms with Gasteiger partial charge in [-0.15, -0.1) is 11.6 Å². The molecule has 0 atom stereocenters. The smallest absolute Gasteiger partial charge is 0.125 e. The Hall–Kier alpha value is -1.09. The molecule has 0 aliphatic rings. The van der Waals surface area contributed by atoms with E-state index in [0.717, 1.165) is 29.7 Å². The van der Waals surface area contributed by atoms with Gasteiger partial charge in [-0.25, -0.2) is 4.98 Å². The molecular weight excluding hydrogens is 222 g/mol. The van der Waals surface area contributed by atoms with Crippen molar-refractivity contribution >= 4 is 22.6 Å². The van der Waals surface area contributed by atoms with E-state index in [-0.39, 0.29) is 0 Å². The topological polar surface area (TPSA) is 30.7 Å². The van der Waals surface area contributed by atoms with Crippen molar-refractivity contribution in [1.29, 1.82) is 0 Å². The van der Waals surface area contributed by atoms with E-state index in [2.05, 4.69) is 28.4 Å². The van der Waals surface area contributed by atoms with Crippen LogP contribution in [0.25, 0.3) is 11.0 Å². The van der Waals surface area contributed by atoms with Crippen LogP contribution in [0.15, 0.2) is 18.5 Å². The first-order chi connectivity index (χ1) is 7.81. The number of halogens is 1. The largest absolute Gasteiger partial charge is 0.324 e. The highest BCUT2D eigenvalue weighted by Crippen LogP contribution is 2.25. The second kappa shape index (κ2) is 4.83. The van der Waals surface area contributed by atoms with E-state index in [1.54, 1.807) is 12.4 Å². The summed E-state index contributed by atoms with van der Waals surface area (Å²) in [6.07, 6.45) is 5.79. The fourth-order valence-corrected chi connectivity index (χ4v) is 2.34. The molecule has 0 saturated heterocycles. The van der Waals surface area contributed by atoms with Crippen LogP contribution in [0.2, 0.25) is 0 Å². The third kappa shape index (κ3) is 1.80. The van der Waals surface area contributed by atoms with Crippen molar-refractivity contribution in [2.24, 2.45) is 0 Å². The summed E-state index contributed by atoms with van der Waals surface area (Å²) in [5, 5.41) is 0. The molecule has 86 valence electrons. The maximum Gasteiger partial charge on any atom is 0.125 e. The van der Waals surface area contributed by atoms with Gasteiger partial charge in [-0.1, -0.05) is 13.8 Å². The molecule has 0 aliphatic heterocycles. The van der Waals surface area contributed by atoms with Gasteiger partial charge in [-0.3, -0.25) is 4.98 Å². The molecule has 2 rings (SSSR count). The van der Waals surface area contributed by atoms with Crippen molar-refractivity contribution < 1.29 is 0 Å². The summed E-state index contributed by atoms with van der Waals surface area (Å²) in [5.41, 5.74) is 2.07. The number of aromatic nitrogens is 3. The Morgan fingerprint density at radius 3 is 2.75 bits per heavy atom. The first-order valence-corrected chi connectivity index (χ1v) is 6.22. The van der Waals surface area contributed by atoms with Crippen molar-refractivity contribution in [3.05, 3.63) is 24.3 Å². The molecule has 0 spiro atoms. The van der Waals surface area contributed by atoms with Crippen molar-refractivity contribution in [3.8, 4) is 0 Å². The molecule has 0 fully saturated rings. The zero-order valence-electron chi connectivity index (χ0n) is 9.65. The maximum absolute atomic E-state index is 5.96. The fraction of sp³-hybridized carbons (Fsp3) is 0.500. The molecule has 4 heteroatoms. The van der Waals surface area contributed by atoms with Gasteiger partial charge in [-0.2, -0.15) is 0 Å². The SMILES string of the molecule is CCC(CC)n1c(CCl)nc2cnccc21. The highest BCUT2D eigenvalue weighted by molar-refractivity contribution is 6.16. The number of rotatable bonds is 4. The van der Waals surface area contributed by atoms with Crippen LogP contribution in [0, 0.1) is 0 Å². The maximum atomic E-state index is 5.96. The second-order valence-corrected chi connectivity index (χ2v) is 4.13. The minimum absolute atomic E-state index is 0.450. The lowest BCUT2D eigenvalue weighted by Gasteiger charge is -2.17. The number of fused-ring (bicyclic) bond motifs is 1. The predicted molar refractivity (Wildman–Crippen MR) is 66.7 cm³/mol. The first-order valence-electron chi connectivity index (χ1n) is 5.68. The summed E-state index contributed by atoms with van der Waals surface area (Å²) in [5.74, 6) is 1.39. The Morgan fingerprint density at radius 1 is 1.38 bits per heavy atom. The number of alkyl halides is 1. The third-order valence-electron chi connectivity index (χ3n) is 2.99. The molecule has 2 heterocycles. The van der Waals surface area contributed by atoms with Crippen molar-refractivity contribution in [2.45, 2.75) is 38.6 Å². The van der Waals surface area contributed by atoms with E-state index in [1.165, 1.54) is 0 Å². The van der Waals surface area contributed by atoms with Crippen LogP contribution in [-0.4, -0.2) is 14.5 Å². The minimum Gasteiger partial charge on any atom is -0.324 e. The van der Waals surface area contributed by atoms with Gasteiger partial charge in [0, 0.05) is 12.2 Å². The lowest BCUT2D eigenvalue weighted by atomic mass is 10.1. The Bertz CT molecular complexity index is 474. The van der Waals surface area contributed by atoms with Gasteiger partial charge in [0.1, 0.15) is 11.3 Å². The van der Waals surface area contributed by atoms with Crippen LogP contribution in [0.3, 0.4) is 0 Å². The van der Waals surface area contributed by atoms with Gasteiger partial charge in [0.15, 0.2) is 0 Å². The van der Waals surface area contributed by atoms with Gasteiger partial charge in [0.25, 0.3) is 0 Å². The van der Waals surface area contributed by atoms with Gasteiger partial charge >= 0.3 is 0 Å². The number of hydrogen-bond acceptors (Lipinski definition) is 2. The molecule has 0 aliphatic carbocycles. The van der Waals surface area contributed by atoms with Crippen LogP contribution in [0.4, 0.5) is 0 Å². The van der Waals surface area contributed by atoms with Crippen molar-refractivity contribution in [1.82, 2.24) is 14.5 Å². The highest BCUT2D eigenvalue weighted by atomic mass is 35.5. The number of imidazole rings is 1. The summed E-state index contributed by atoms with van der Waals surface area (Å²) in [6.45, 7) is 4.39. The lowest BCUT2D eigenvalue weighted by molar-refractivity contribution is 0.472. The number of hydrogen-bond donors (Lipinski definition) is 0. The molecule has 2 aromatic rings. The molecule has 0 N–H and O–H groups in total. The lowest BCUT2D eigenvalue weighted by Crippen LogP contribution is -2.09. The summed E-state index contributed by atoms with van der Waals surface area (Å²) in [4.78, 5) is 8.61. The monoisotopic (exact) mass is 237 g/mol. The quantitative estimate of drug-likeness (QED) is 0.762. The number of nitrogens with zero attached hydrogens (tertiary/aromatic N) is 3. The first kappa shape index (κ1) is 11.4. The third-order valence-corrected chi connectivity index (χ3v) is 3.23. The van der Waals surface area contributed by atoms with Crippen LogP contribution in [-0.2, 0) is 5.88 Å². The van der Waals surface area contributed by atoms with Gasteiger partial charge in [0.05, 0.1) is 17.6 Å². The van der Waals surface area contributed by atoms with E-state index in [4.69, 9.17) is 11.6 Å². The summed E-state index contributed by atoms with van der Waals surface area (Å²) in [7, 11) is 0. The second-order valence-electron chi connectivity index (χ2n) is 3.87. The zero-order chi connectivity index (χ0) is 11.5. The standard InChI is InChI=1S/C12H16ClN3/c1-3-9(4-2)16-11-5-6-14-8-10(11)15-12(16)7-13/h5-6,8-9H,3-4,7H2,1-2H3. The average Bonchev–Trinajstić information content (AvgIpc) is 2.70. The van der Waals surface area contributed by atoms with E-state index in [0.29, 0.717) is 11.9 Å². The van der Waals surface area contributed by atoms with E-state index >= 15 is 0 Å². The Morgan fingerprint density at radius 2 is 2.12 bits per heavy atom. The fourth-order valence-electron chi connectivity index (χ4n) is 2.16. The van der Waals surface area contributed by atoms with E-state index < -0.39 is 0 Å². The highest BCUT2D eigenvalue weighted by Gasteiger charge is 2.15. The van der Waals surface area contributed by atoms with Gasteiger partial charge in [0.2, 0.25) is 0 Å². The normalized spacial score (nSPS) is 11.5. The van der Waals surface area contributed by atoms with E-state index in [9.17, 15) is 0 Å².